The number of carbonyl (C=O) groups is 1. The van der Waals surface area contributed by atoms with Crippen LogP contribution in [0.4, 0.5) is 5.82 Å². The van der Waals surface area contributed by atoms with Crippen LogP contribution in [-0.4, -0.2) is 33.0 Å². The molecule has 2 aromatic heterocycles. The minimum absolute atomic E-state index is 0.0360. The van der Waals surface area contributed by atoms with Gasteiger partial charge < -0.3 is 10.1 Å². The molecule has 0 radical (unpaired) electrons. The summed E-state index contributed by atoms with van der Waals surface area (Å²) in [4.78, 5) is 27.9. The van der Waals surface area contributed by atoms with Crippen molar-refractivity contribution in [2.45, 2.75) is 20.4 Å². The summed E-state index contributed by atoms with van der Waals surface area (Å²) >= 11 is 0. The first-order valence-corrected chi connectivity index (χ1v) is 6.05. The zero-order valence-corrected chi connectivity index (χ0v) is 11.5. The Hall–Kier alpha value is -2.57. The van der Waals surface area contributed by atoms with Gasteiger partial charge in [0, 0.05) is 18.0 Å². The molecule has 1 N–H and O–H groups in total. The molecular weight excluding hydrogens is 258 g/mol. The molecule has 0 bridgehead atoms. The number of esters is 1. The normalized spacial score (nSPS) is 10.2. The van der Waals surface area contributed by atoms with Crippen molar-refractivity contribution in [3.05, 3.63) is 41.4 Å². The zero-order valence-electron chi connectivity index (χ0n) is 11.5. The Bertz CT molecular complexity index is 630. The number of ether oxygens (including phenoxy) is 1. The van der Waals surface area contributed by atoms with Gasteiger partial charge in [-0.15, -0.1) is 0 Å². The Morgan fingerprint density at radius 3 is 2.80 bits per heavy atom. The van der Waals surface area contributed by atoms with Gasteiger partial charge in [-0.2, -0.15) is 0 Å². The number of methoxy groups -OCH3 is 1. The third kappa shape index (κ3) is 3.47. The molecular formula is C13H15N5O2. The predicted octanol–water partition coefficient (Wildman–Crippen LogP) is 1.28. The highest BCUT2D eigenvalue weighted by Gasteiger charge is 2.11. The van der Waals surface area contributed by atoms with E-state index < -0.39 is 5.97 Å². The lowest BCUT2D eigenvalue weighted by Crippen LogP contribution is -2.11. The van der Waals surface area contributed by atoms with Crippen LogP contribution in [-0.2, 0) is 11.3 Å². The summed E-state index contributed by atoms with van der Waals surface area (Å²) in [7, 11) is 1.30. The molecule has 0 aliphatic rings. The van der Waals surface area contributed by atoms with Crippen molar-refractivity contribution in [1.82, 2.24) is 19.9 Å². The average Bonchev–Trinajstić information content (AvgIpc) is 2.44. The van der Waals surface area contributed by atoms with E-state index in [9.17, 15) is 4.79 Å². The number of rotatable bonds is 4. The molecule has 2 rings (SSSR count). The van der Waals surface area contributed by atoms with Crippen LogP contribution in [0.5, 0.6) is 0 Å². The highest BCUT2D eigenvalue weighted by molar-refractivity contribution is 5.85. The fraction of sp³-hybridized carbons (Fsp3) is 0.308. The van der Waals surface area contributed by atoms with Crippen LogP contribution in [0.3, 0.4) is 0 Å². The highest BCUT2D eigenvalue weighted by Crippen LogP contribution is 2.08. The van der Waals surface area contributed by atoms with Crippen LogP contribution in [0.25, 0.3) is 0 Å². The average molecular weight is 273 g/mol. The number of aryl methyl sites for hydroxylation is 2. The minimum Gasteiger partial charge on any atom is -0.463 e. The molecule has 0 saturated carbocycles. The van der Waals surface area contributed by atoms with Crippen molar-refractivity contribution in [2.75, 3.05) is 12.4 Å². The molecule has 0 aromatic carbocycles. The highest BCUT2D eigenvalue weighted by atomic mass is 16.5. The van der Waals surface area contributed by atoms with Gasteiger partial charge in [0.05, 0.1) is 19.3 Å². The third-order valence-electron chi connectivity index (χ3n) is 2.51. The fourth-order valence-corrected chi connectivity index (χ4v) is 1.63. The van der Waals surface area contributed by atoms with E-state index in [0.717, 1.165) is 5.69 Å². The summed E-state index contributed by atoms with van der Waals surface area (Å²) in [5, 5.41) is 3.10. The van der Waals surface area contributed by atoms with Crippen LogP contribution in [0, 0.1) is 13.8 Å². The number of aromatic nitrogens is 4. The van der Waals surface area contributed by atoms with Crippen LogP contribution in [0.15, 0.2) is 18.3 Å². The molecule has 0 aliphatic heterocycles. The van der Waals surface area contributed by atoms with E-state index in [2.05, 4.69) is 30.0 Å². The van der Waals surface area contributed by atoms with E-state index in [1.165, 1.54) is 7.11 Å². The van der Waals surface area contributed by atoms with Crippen molar-refractivity contribution in [2.24, 2.45) is 0 Å². The first-order valence-electron chi connectivity index (χ1n) is 6.05. The largest absolute Gasteiger partial charge is 0.463 e. The molecule has 0 saturated heterocycles. The number of carbonyl (C=O) groups excluding carboxylic acids is 1. The Balaban J connectivity index is 2.13. The molecule has 0 spiro atoms. The first kappa shape index (κ1) is 13.9. The van der Waals surface area contributed by atoms with E-state index >= 15 is 0 Å². The molecule has 0 fully saturated rings. The molecule has 0 amide bonds. The molecule has 7 heteroatoms. The maximum absolute atomic E-state index is 11.4. The second kappa shape index (κ2) is 6.05. The van der Waals surface area contributed by atoms with E-state index in [1.54, 1.807) is 19.2 Å². The quantitative estimate of drug-likeness (QED) is 0.839. The number of nitrogens with zero attached hydrogens (tertiary/aromatic N) is 4. The standard InChI is InChI=1S/C13H15N5O2/c1-8-6-11(18-12(16-8)13(19)20-3)15-7-10-4-5-14-9(2)17-10/h4-6H,7H2,1-3H3,(H,15,16,18). The van der Waals surface area contributed by atoms with Crippen LogP contribution < -0.4 is 5.32 Å². The van der Waals surface area contributed by atoms with Crippen LogP contribution in [0.2, 0.25) is 0 Å². The summed E-state index contributed by atoms with van der Waals surface area (Å²) in [6, 6.07) is 3.57. The van der Waals surface area contributed by atoms with E-state index in [0.29, 0.717) is 23.9 Å². The van der Waals surface area contributed by atoms with E-state index in [1.807, 2.05) is 13.0 Å². The fourth-order valence-electron chi connectivity index (χ4n) is 1.63. The maximum Gasteiger partial charge on any atom is 0.376 e. The Kier molecular flexibility index (Phi) is 4.19. The molecule has 104 valence electrons. The third-order valence-corrected chi connectivity index (χ3v) is 2.51. The molecule has 0 aliphatic carbocycles. The van der Waals surface area contributed by atoms with Crippen molar-refractivity contribution < 1.29 is 9.53 Å². The van der Waals surface area contributed by atoms with Gasteiger partial charge in [0.15, 0.2) is 0 Å². The second-order valence-corrected chi connectivity index (χ2v) is 4.16. The lowest BCUT2D eigenvalue weighted by Gasteiger charge is -2.07. The van der Waals surface area contributed by atoms with Crippen molar-refractivity contribution in [3.63, 3.8) is 0 Å². The van der Waals surface area contributed by atoms with E-state index in [-0.39, 0.29) is 5.82 Å². The van der Waals surface area contributed by atoms with Crippen molar-refractivity contribution in [1.29, 1.82) is 0 Å². The van der Waals surface area contributed by atoms with Gasteiger partial charge in [0.1, 0.15) is 11.6 Å². The maximum atomic E-state index is 11.4. The van der Waals surface area contributed by atoms with Gasteiger partial charge in [-0.05, 0) is 19.9 Å². The summed E-state index contributed by atoms with van der Waals surface area (Å²) in [5.41, 5.74) is 1.52. The van der Waals surface area contributed by atoms with Crippen LogP contribution >= 0.6 is 0 Å². The minimum atomic E-state index is -0.561. The zero-order chi connectivity index (χ0) is 14.5. The Morgan fingerprint density at radius 1 is 1.30 bits per heavy atom. The molecule has 20 heavy (non-hydrogen) atoms. The van der Waals surface area contributed by atoms with Gasteiger partial charge >= 0.3 is 5.97 Å². The number of hydrogen-bond acceptors (Lipinski definition) is 7. The van der Waals surface area contributed by atoms with Gasteiger partial charge in [0.2, 0.25) is 5.82 Å². The monoisotopic (exact) mass is 273 g/mol. The summed E-state index contributed by atoms with van der Waals surface area (Å²) in [5.74, 6) is 0.732. The Labute approximate surface area is 116 Å². The first-order chi connectivity index (χ1) is 9.58. The molecule has 7 nitrogen and oxygen atoms in total. The van der Waals surface area contributed by atoms with Crippen molar-refractivity contribution >= 4 is 11.8 Å². The van der Waals surface area contributed by atoms with Gasteiger partial charge in [-0.1, -0.05) is 0 Å². The molecule has 0 unspecified atom stereocenters. The second-order valence-electron chi connectivity index (χ2n) is 4.16. The lowest BCUT2D eigenvalue weighted by molar-refractivity contribution is 0.0586. The van der Waals surface area contributed by atoms with E-state index in [4.69, 9.17) is 0 Å². The molecule has 2 heterocycles. The summed E-state index contributed by atoms with van der Waals surface area (Å²) in [6.07, 6.45) is 1.70. The molecule has 0 atom stereocenters. The van der Waals surface area contributed by atoms with Gasteiger partial charge in [0.25, 0.3) is 0 Å². The smallest absolute Gasteiger partial charge is 0.376 e. The number of hydrogen-bond donors (Lipinski definition) is 1. The SMILES string of the molecule is COC(=O)c1nc(C)cc(NCc2ccnc(C)n2)n1. The Morgan fingerprint density at radius 2 is 2.10 bits per heavy atom. The summed E-state index contributed by atoms with van der Waals surface area (Å²) < 4.78 is 4.61. The topological polar surface area (TPSA) is 89.9 Å². The number of anilines is 1. The molecule has 2 aromatic rings. The lowest BCUT2D eigenvalue weighted by atomic mass is 10.3. The van der Waals surface area contributed by atoms with Gasteiger partial charge in [-0.3, -0.25) is 0 Å². The van der Waals surface area contributed by atoms with Crippen LogP contribution in [0.1, 0.15) is 27.8 Å². The summed E-state index contributed by atoms with van der Waals surface area (Å²) in [6.45, 7) is 4.10. The van der Waals surface area contributed by atoms with Gasteiger partial charge in [-0.25, -0.2) is 24.7 Å². The number of nitrogens with one attached hydrogen (secondary N) is 1. The van der Waals surface area contributed by atoms with Crippen molar-refractivity contribution in [3.8, 4) is 0 Å². The predicted molar refractivity (Wildman–Crippen MR) is 72.2 cm³/mol.